The van der Waals surface area contributed by atoms with Crippen LogP contribution in [0.3, 0.4) is 0 Å². The Balaban J connectivity index is 1.36. The smallest absolute Gasteiger partial charge is 0.160 e. The molecule has 5 atom stereocenters. The Kier molecular flexibility index (Phi) is 8.53. The summed E-state index contributed by atoms with van der Waals surface area (Å²) in [4.78, 5) is 28.6. The molecule has 3 aliphatic heterocycles. The molecular formula is C47H47N9. The Bertz CT molecular complexity index is 2670. The molecule has 1 fully saturated rings. The van der Waals surface area contributed by atoms with E-state index >= 15 is 0 Å². The highest BCUT2D eigenvalue weighted by atomic mass is 15.4. The van der Waals surface area contributed by atoms with Gasteiger partial charge in [-0.1, -0.05) is 87.2 Å². The number of nitrogens with one attached hydrogen (secondary N) is 1. The fraction of sp³-hybridized carbons (Fsp3) is 0.298. The first kappa shape index (κ1) is 34.4. The highest BCUT2D eigenvalue weighted by molar-refractivity contribution is 5.85. The predicted molar refractivity (Wildman–Crippen MR) is 229 cm³/mol. The molecule has 0 saturated carbocycles. The largest absolute Gasteiger partial charge is 0.364 e. The van der Waals surface area contributed by atoms with Gasteiger partial charge in [-0.2, -0.15) is 0 Å². The van der Waals surface area contributed by atoms with E-state index in [9.17, 15) is 0 Å². The number of aromatic nitrogens is 5. The van der Waals surface area contributed by atoms with E-state index in [1.807, 2.05) is 18.5 Å². The molecule has 56 heavy (non-hydrogen) atoms. The molecule has 0 spiro atoms. The van der Waals surface area contributed by atoms with Gasteiger partial charge in [0.2, 0.25) is 0 Å². The third-order valence-corrected chi connectivity index (χ3v) is 12.2. The molecule has 5 aliphatic rings. The average molecular weight is 738 g/mol. The van der Waals surface area contributed by atoms with E-state index < -0.39 is 0 Å². The minimum atomic E-state index is -0.0812. The molecule has 5 aromatic rings. The molecule has 280 valence electrons. The van der Waals surface area contributed by atoms with Crippen molar-refractivity contribution in [1.82, 2.24) is 29.4 Å². The first-order valence-electron chi connectivity index (χ1n) is 20.2. The number of nitrogens with zero attached hydrogens (tertiary/aromatic N) is 8. The van der Waals surface area contributed by atoms with Crippen molar-refractivity contribution < 1.29 is 0 Å². The molecule has 10 rings (SSSR count). The van der Waals surface area contributed by atoms with Crippen LogP contribution in [-0.2, 0) is 12.8 Å². The van der Waals surface area contributed by atoms with E-state index in [0.29, 0.717) is 5.92 Å². The van der Waals surface area contributed by atoms with Crippen LogP contribution in [0.15, 0.2) is 107 Å². The van der Waals surface area contributed by atoms with Gasteiger partial charge in [0.25, 0.3) is 0 Å². The maximum Gasteiger partial charge on any atom is 0.160 e. The lowest BCUT2D eigenvalue weighted by molar-refractivity contribution is 0.391. The number of pyridine rings is 1. The summed E-state index contributed by atoms with van der Waals surface area (Å²) in [5, 5.41) is 6.19. The van der Waals surface area contributed by atoms with Crippen molar-refractivity contribution >= 4 is 47.5 Å². The molecule has 0 radical (unpaired) electrons. The Morgan fingerprint density at radius 1 is 0.857 bits per heavy atom. The summed E-state index contributed by atoms with van der Waals surface area (Å²) in [6.07, 6.45) is 28.6. The van der Waals surface area contributed by atoms with E-state index in [1.165, 1.54) is 5.56 Å². The number of rotatable bonds is 6. The summed E-state index contributed by atoms with van der Waals surface area (Å²) >= 11 is 0. The number of hydrogen-bond donors (Lipinski definition) is 1. The first-order chi connectivity index (χ1) is 27.5. The number of aryl methyl sites for hydroxylation is 1. The Labute approximate surface area is 327 Å². The normalized spacial score (nSPS) is 24.6. The monoisotopic (exact) mass is 737 g/mol. The highest BCUT2D eigenvalue weighted by Crippen LogP contribution is 2.40. The van der Waals surface area contributed by atoms with Crippen molar-refractivity contribution in [3.63, 3.8) is 0 Å². The zero-order valence-electron chi connectivity index (χ0n) is 32.3. The van der Waals surface area contributed by atoms with Gasteiger partial charge in [0.15, 0.2) is 11.5 Å². The molecule has 1 N–H and O–H groups in total. The second-order valence-electron chi connectivity index (χ2n) is 15.6. The Morgan fingerprint density at radius 2 is 1.62 bits per heavy atom. The van der Waals surface area contributed by atoms with Crippen LogP contribution < -0.4 is 20.7 Å². The van der Waals surface area contributed by atoms with Crippen LogP contribution in [0.2, 0.25) is 0 Å². The number of hydrogen-bond acceptors (Lipinski definition) is 7. The highest BCUT2D eigenvalue weighted by Gasteiger charge is 2.43. The third-order valence-electron chi connectivity index (χ3n) is 12.2. The van der Waals surface area contributed by atoms with Gasteiger partial charge in [0.05, 0.1) is 23.8 Å². The summed E-state index contributed by atoms with van der Waals surface area (Å²) in [5.41, 5.74) is 8.28. The minimum absolute atomic E-state index is 0.0474. The summed E-state index contributed by atoms with van der Waals surface area (Å²) in [5.74, 6) is 4.19. The van der Waals surface area contributed by atoms with Gasteiger partial charge < -0.3 is 19.4 Å². The average Bonchev–Trinajstić information content (AvgIpc) is 3.94. The molecule has 9 nitrogen and oxygen atoms in total. The molecule has 6 heterocycles. The Hall–Kier alpha value is -6.09. The van der Waals surface area contributed by atoms with E-state index in [1.54, 1.807) is 0 Å². The van der Waals surface area contributed by atoms with Crippen LogP contribution in [0, 0.1) is 12.8 Å². The van der Waals surface area contributed by atoms with Gasteiger partial charge in [-0.3, -0.25) is 4.99 Å². The van der Waals surface area contributed by atoms with E-state index in [-0.39, 0.29) is 24.3 Å². The molecule has 5 unspecified atom stereocenters. The predicted octanol–water partition coefficient (Wildman–Crippen LogP) is 7.99. The maximum absolute atomic E-state index is 5.52. The van der Waals surface area contributed by atoms with Gasteiger partial charge in [0, 0.05) is 40.7 Å². The molecule has 3 aromatic heterocycles. The quantitative estimate of drug-likeness (QED) is 0.191. The van der Waals surface area contributed by atoms with Crippen LogP contribution in [0.4, 0.5) is 11.5 Å². The number of fused-ring (bicyclic) bond motifs is 3. The number of benzene rings is 2. The van der Waals surface area contributed by atoms with Crippen LogP contribution in [0.25, 0.3) is 46.3 Å². The van der Waals surface area contributed by atoms with Crippen LogP contribution >= 0.6 is 0 Å². The molecule has 0 amide bonds. The number of anilines is 1. The van der Waals surface area contributed by atoms with Gasteiger partial charge in [0.1, 0.15) is 29.2 Å². The zero-order chi connectivity index (χ0) is 37.9. The van der Waals surface area contributed by atoms with E-state index in [2.05, 4.69) is 131 Å². The molecular weight excluding hydrogens is 691 g/mol. The summed E-state index contributed by atoms with van der Waals surface area (Å²) in [7, 11) is 0. The van der Waals surface area contributed by atoms with Crippen molar-refractivity contribution in [2.24, 2.45) is 15.9 Å². The Morgan fingerprint density at radius 3 is 2.38 bits per heavy atom. The summed E-state index contributed by atoms with van der Waals surface area (Å²) < 4.78 is 4.71. The maximum atomic E-state index is 5.52. The number of para-hydroxylation sites is 1. The second kappa shape index (κ2) is 13.9. The second-order valence-corrected chi connectivity index (χ2v) is 15.6. The third kappa shape index (κ3) is 5.39. The number of imidazole rings is 2. The molecule has 0 bridgehead atoms. The van der Waals surface area contributed by atoms with Crippen molar-refractivity contribution in [2.75, 3.05) is 4.90 Å². The number of allylic oxidation sites excluding steroid dienone is 8. The number of aliphatic imine (C=N–C) groups is 2. The lowest BCUT2D eigenvalue weighted by atomic mass is 9.90. The molecule has 9 heteroatoms. The van der Waals surface area contributed by atoms with Crippen molar-refractivity contribution in [2.45, 2.75) is 83.6 Å². The van der Waals surface area contributed by atoms with Crippen molar-refractivity contribution in [3.05, 3.63) is 125 Å². The summed E-state index contributed by atoms with van der Waals surface area (Å²) in [6, 6.07) is 15.0. The first-order valence-corrected chi connectivity index (χ1v) is 20.2. The molecule has 1 saturated heterocycles. The van der Waals surface area contributed by atoms with Crippen LogP contribution in [0.5, 0.6) is 0 Å². The lowest BCUT2D eigenvalue weighted by Gasteiger charge is -2.30. The van der Waals surface area contributed by atoms with Gasteiger partial charge >= 0.3 is 0 Å². The molecule has 2 aromatic carbocycles. The van der Waals surface area contributed by atoms with Crippen LogP contribution in [-0.4, -0.2) is 48.7 Å². The fourth-order valence-corrected chi connectivity index (χ4v) is 9.55. The van der Waals surface area contributed by atoms with Crippen molar-refractivity contribution in [1.29, 1.82) is 0 Å². The van der Waals surface area contributed by atoms with E-state index in [4.69, 9.17) is 31.5 Å². The zero-order valence-corrected chi connectivity index (χ0v) is 32.3. The minimum Gasteiger partial charge on any atom is -0.364 e. The fourth-order valence-electron chi connectivity index (χ4n) is 9.55. The lowest BCUT2D eigenvalue weighted by Crippen LogP contribution is -2.41. The summed E-state index contributed by atoms with van der Waals surface area (Å²) in [6.45, 7) is 11.9. The van der Waals surface area contributed by atoms with Gasteiger partial charge in [-0.25, -0.2) is 19.9 Å². The van der Waals surface area contributed by atoms with Gasteiger partial charge in [-0.15, -0.1) is 0 Å². The van der Waals surface area contributed by atoms with E-state index in [0.717, 1.165) is 111 Å². The SMILES string of the molecule is C=c1c(-c2nc3c(n2C2C=CC=CC2)N=CCC3)c(C)c(=C2NC3C(C)CC=NC3N2c2ccccc2)c(CC)c1-c1nc2cccnc2n1C1C=CC=CC1. The molecule has 2 aliphatic carbocycles. The van der Waals surface area contributed by atoms with Crippen LogP contribution in [0.1, 0.15) is 68.4 Å². The van der Waals surface area contributed by atoms with Crippen molar-refractivity contribution in [3.8, 4) is 22.8 Å². The standard InChI is InChI=1S/C47H47N9/c1-5-35-39(45-52-37-24-16-27-49-43(37)55(45)33-19-11-7-12-20-33)30(3)38(44-51-36-23-15-26-48-42(36)54(44)32-17-9-6-10-18-32)31(4)40(35)46-53-41-29(2)25-28-50-47(41)56(46)34-21-13-8-14-22-34/h6-14,16-17,19,21-22,24,26-29,32-33,41,47,53H,3,5,15,18,20,23,25H2,1-2,4H3. The van der Waals surface area contributed by atoms with Gasteiger partial charge in [-0.05, 0) is 92.0 Å². The topological polar surface area (TPSA) is 88.5 Å².